The van der Waals surface area contributed by atoms with Crippen molar-refractivity contribution in [3.63, 3.8) is 0 Å². The van der Waals surface area contributed by atoms with Crippen molar-refractivity contribution >= 4 is 15.7 Å². The molecule has 0 atom stereocenters. The largest absolute Gasteiger partial charge is 0.284 e. The van der Waals surface area contributed by atoms with Gasteiger partial charge in [-0.25, -0.2) is 8.42 Å². The van der Waals surface area contributed by atoms with Gasteiger partial charge < -0.3 is 0 Å². The smallest absolute Gasteiger partial charge is 0.229 e. The molecule has 0 saturated heterocycles. The monoisotopic (exact) mass is 224 g/mol. The number of hydrogen-bond donors (Lipinski definition) is 1. The van der Waals surface area contributed by atoms with E-state index < -0.39 is 10.0 Å². The summed E-state index contributed by atoms with van der Waals surface area (Å²) in [6, 6.07) is 7.26. The molecule has 4 nitrogen and oxygen atoms in total. The van der Waals surface area contributed by atoms with E-state index in [0.717, 1.165) is 17.4 Å². The summed E-state index contributed by atoms with van der Waals surface area (Å²) in [4.78, 5) is 0. The minimum atomic E-state index is -3.26. The van der Waals surface area contributed by atoms with E-state index in [4.69, 9.17) is 5.26 Å². The third kappa shape index (κ3) is 3.26. The van der Waals surface area contributed by atoms with Crippen molar-refractivity contribution in [2.75, 3.05) is 11.0 Å². The van der Waals surface area contributed by atoms with E-state index in [1.54, 1.807) is 19.1 Å². The molecule has 0 saturated carbocycles. The number of benzene rings is 1. The molecule has 0 aliphatic rings. The standard InChI is InChI=1S/C10H12N2O2S/c1-8-9(6-7-11)4-3-5-10(8)12-15(2,13)14/h3-5,12H,6H2,1-2H3. The highest BCUT2D eigenvalue weighted by Gasteiger charge is 2.07. The van der Waals surface area contributed by atoms with Gasteiger partial charge in [0.05, 0.1) is 24.4 Å². The van der Waals surface area contributed by atoms with Crippen LogP contribution in [0, 0.1) is 18.3 Å². The number of hydrogen-bond acceptors (Lipinski definition) is 3. The fourth-order valence-corrected chi connectivity index (χ4v) is 1.89. The quantitative estimate of drug-likeness (QED) is 0.844. The molecule has 0 amide bonds. The molecule has 1 aromatic rings. The van der Waals surface area contributed by atoms with Crippen LogP contribution in [-0.2, 0) is 16.4 Å². The van der Waals surface area contributed by atoms with Crippen LogP contribution in [0.15, 0.2) is 18.2 Å². The Morgan fingerprint density at radius 3 is 2.67 bits per heavy atom. The van der Waals surface area contributed by atoms with Crippen LogP contribution in [-0.4, -0.2) is 14.7 Å². The van der Waals surface area contributed by atoms with E-state index in [-0.39, 0.29) is 6.42 Å². The second-order valence-electron chi connectivity index (χ2n) is 3.30. The molecule has 0 fully saturated rings. The molecule has 0 aliphatic carbocycles. The molecule has 0 bridgehead atoms. The lowest BCUT2D eigenvalue weighted by Crippen LogP contribution is -2.11. The van der Waals surface area contributed by atoms with Crippen molar-refractivity contribution in [1.29, 1.82) is 5.26 Å². The second kappa shape index (κ2) is 4.32. The highest BCUT2D eigenvalue weighted by molar-refractivity contribution is 7.92. The predicted octanol–water partition coefficient (Wildman–Crippen LogP) is 1.43. The lowest BCUT2D eigenvalue weighted by molar-refractivity contribution is 0.607. The molecule has 1 rings (SSSR count). The maximum absolute atomic E-state index is 11.0. The van der Waals surface area contributed by atoms with Crippen LogP contribution < -0.4 is 4.72 Å². The number of nitriles is 1. The normalized spacial score (nSPS) is 10.7. The van der Waals surface area contributed by atoms with Crippen molar-refractivity contribution in [3.8, 4) is 6.07 Å². The van der Waals surface area contributed by atoms with E-state index >= 15 is 0 Å². The lowest BCUT2D eigenvalue weighted by atomic mass is 10.1. The minimum Gasteiger partial charge on any atom is -0.284 e. The first-order chi connectivity index (χ1) is 6.94. The summed E-state index contributed by atoms with van der Waals surface area (Å²) in [6.07, 6.45) is 1.38. The minimum absolute atomic E-state index is 0.283. The molecule has 0 unspecified atom stereocenters. The highest BCUT2D eigenvalue weighted by Crippen LogP contribution is 2.19. The van der Waals surface area contributed by atoms with Gasteiger partial charge in [0.15, 0.2) is 0 Å². The molecule has 0 spiro atoms. The number of anilines is 1. The molecule has 1 N–H and O–H groups in total. The Labute approximate surface area is 89.6 Å². The molecule has 0 heterocycles. The Morgan fingerprint density at radius 2 is 2.13 bits per heavy atom. The number of nitrogens with one attached hydrogen (secondary N) is 1. The Balaban J connectivity index is 3.11. The average molecular weight is 224 g/mol. The van der Waals surface area contributed by atoms with Crippen LogP contribution >= 0.6 is 0 Å². The summed E-state index contributed by atoms with van der Waals surface area (Å²) in [5.74, 6) is 0. The molecule has 0 aliphatic heterocycles. The maximum Gasteiger partial charge on any atom is 0.229 e. The fourth-order valence-electron chi connectivity index (χ4n) is 1.27. The van der Waals surface area contributed by atoms with Crippen LogP contribution in [0.3, 0.4) is 0 Å². The zero-order valence-corrected chi connectivity index (χ0v) is 9.43. The second-order valence-corrected chi connectivity index (χ2v) is 5.05. The average Bonchev–Trinajstić information content (AvgIpc) is 2.10. The van der Waals surface area contributed by atoms with Crippen molar-refractivity contribution < 1.29 is 8.42 Å². The van der Waals surface area contributed by atoms with E-state index in [2.05, 4.69) is 4.72 Å². The Morgan fingerprint density at radius 1 is 1.47 bits per heavy atom. The van der Waals surface area contributed by atoms with Crippen LogP contribution in [0.25, 0.3) is 0 Å². The highest BCUT2D eigenvalue weighted by atomic mass is 32.2. The third-order valence-electron chi connectivity index (χ3n) is 2.01. The van der Waals surface area contributed by atoms with Crippen molar-refractivity contribution in [1.82, 2.24) is 0 Å². The van der Waals surface area contributed by atoms with Crippen LogP contribution in [0.4, 0.5) is 5.69 Å². The number of nitrogens with zero attached hydrogens (tertiary/aromatic N) is 1. The third-order valence-corrected chi connectivity index (χ3v) is 2.60. The van der Waals surface area contributed by atoms with Gasteiger partial charge in [0.2, 0.25) is 10.0 Å². The first kappa shape index (κ1) is 11.5. The van der Waals surface area contributed by atoms with Gasteiger partial charge >= 0.3 is 0 Å². The summed E-state index contributed by atoms with van der Waals surface area (Å²) in [5, 5.41) is 8.58. The molecule has 0 aromatic heterocycles. The summed E-state index contributed by atoms with van der Waals surface area (Å²) in [7, 11) is -3.26. The molecule has 80 valence electrons. The van der Waals surface area contributed by atoms with Crippen molar-refractivity contribution in [2.24, 2.45) is 0 Å². The van der Waals surface area contributed by atoms with E-state index in [1.807, 2.05) is 12.1 Å². The molecule has 1 aromatic carbocycles. The number of rotatable bonds is 3. The molecule has 15 heavy (non-hydrogen) atoms. The van der Waals surface area contributed by atoms with Crippen LogP contribution in [0.5, 0.6) is 0 Å². The topological polar surface area (TPSA) is 70.0 Å². The van der Waals surface area contributed by atoms with Gasteiger partial charge in [-0.15, -0.1) is 0 Å². The molecule has 5 heteroatoms. The van der Waals surface area contributed by atoms with Gasteiger partial charge in [0, 0.05) is 0 Å². The summed E-state index contributed by atoms with van der Waals surface area (Å²) in [6.45, 7) is 1.79. The van der Waals surface area contributed by atoms with E-state index in [0.29, 0.717) is 5.69 Å². The van der Waals surface area contributed by atoms with Gasteiger partial charge in [0.1, 0.15) is 0 Å². The summed E-state index contributed by atoms with van der Waals surface area (Å²) >= 11 is 0. The first-order valence-corrected chi connectivity index (χ1v) is 6.26. The van der Waals surface area contributed by atoms with Crippen LogP contribution in [0.2, 0.25) is 0 Å². The lowest BCUT2D eigenvalue weighted by Gasteiger charge is -2.09. The Hall–Kier alpha value is -1.54. The maximum atomic E-state index is 11.0. The first-order valence-electron chi connectivity index (χ1n) is 4.37. The van der Waals surface area contributed by atoms with Gasteiger partial charge in [-0.05, 0) is 24.1 Å². The summed E-state index contributed by atoms with van der Waals surface area (Å²) < 4.78 is 24.5. The molecule has 0 radical (unpaired) electrons. The van der Waals surface area contributed by atoms with Crippen LogP contribution in [0.1, 0.15) is 11.1 Å². The molecular formula is C10H12N2O2S. The SMILES string of the molecule is Cc1c(CC#N)cccc1NS(C)(=O)=O. The molecular weight excluding hydrogens is 212 g/mol. The Kier molecular flexibility index (Phi) is 3.32. The van der Waals surface area contributed by atoms with E-state index in [1.165, 1.54) is 0 Å². The zero-order chi connectivity index (χ0) is 11.5. The summed E-state index contributed by atoms with van der Waals surface area (Å²) in [5.41, 5.74) is 2.17. The van der Waals surface area contributed by atoms with E-state index in [9.17, 15) is 8.42 Å². The van der Waals surface area contributed by atoms with Crippen molar-refractivity contribution in [3.05, 3.63) is 29.3 Å². The van der Waals surface area contributed by atoms with Gasteiger partial charge in [-0.2, -0.15) is 5.26 Å². The van der Waals surface area contributed by atoms with Crippen molar-refractivity contribution in [2.45, 2.75) is 13.3 Å². The predicted molar refractivity (Wildman–Crippen MR) is 59.0 cm³/mol. The van der Waals surface area contributed by atoms with Gasteiger partial charge in [-0.1, -0.05) is 12.1 Å². The van der Waals surface area contributed by atoms with Gasteiger partial charge in [0.25, 0.3) is 0 Å². The Bertz CT molecular complexity index is 501. The van der Waals surface area contributed by atoms with Gasteiger partial charge in [-0.3, -0.25) is 4.72 Å². The fraction of sp³-hybridized carbons (Fsp3) is 0.300. The number of sulfonamides is 1. The zero-order valence-electron chi connectivity index (χ0n) is 8.61.